The lowest BCUT2D eigenvalue weighted by molar-refractivity contribution is 0.827. The van der Waals surface area contributed by atoms with Crippen molar-refractivity contribution in [1.29, 1.82) is 0 Å². The number of para-hydroxylation sites is 1. The summed E-state index contributed by atoms with van der Waals surface area (Å²) in [7, 11) is 0. The van der Waals surface area contributed by atoms with Gasteiger partial charge in [0.05, 0.1) is 22.8 Å². The number of benzene rings is 2. The highest BCUT2D eigenvalue weighted by Gasteiger charge is 2.19. The highest BCUT2D eigenvalue weighted by Crippen LogP contribution is 2.30. The summed E-state index contributed by atoms with van der Waals surface area (Å²) in [5, 5.41) is 0. The summed E-state index contributed by atoms with van der Waals surface area (Å²) in [6, 6.07) is 21.4. The van der Waals surface area contributed by atoms with Gasteiger partial charge < -0.3 is 0 Å². The quantitative estimate of drug-likeness (QED) is 0.537. The van der Waals surface area contributed by atoms with E-state index in [9.17, 15) is 0 Å². The van der Waals surface area contributed by atoms with E-state index in [0.29, 0.717) is 0 Å². The van der Waals surface area contributed by atoms with E-state index in [1.54, 1.807) is 0 Å². The van der Waals surface area contributed by atoms with E-state index in [-0.39, 0.29) is 0 Å². The van der Waals surface area contributed by atoms with Gasteiger partial charge in [0.1, 0.15) is 0 Å². The molecular formula is C25H26N2. The molecular weight excluding hydrogens is 328 g/mol. The summed E-state index contributed by atoms with van der Waals surface area (Å²) >= 11 is 0. The Kier molecular flexibility index (Phi) is 5.15. The van der Waals surface area contributed by atoms with E-state index in [0.717, 1.165) is 60.5 Å². The van der Waals surface area contributed by atoms with E-state index < -0.39 is 0 Å². The Morgan fingerprint density at radius 3 is 2.26 bits per heavy atom. The first-order chi connectivity index (χ1) is 13.3. The van der Waals surface area contributed by atoms with Crippen LogP contribution in [0.25, 0.3) is 11.3 Å². The molecule has 0 fully saturated rings. The topological polar surface area (TPSA) is 25.2 Å². The first-order valence-corrected chi connectivity index (χ1v) is 10.0. The van der Waals surface area contributed by atoms with Gasteiger partial charge in [0, 0.05) is 5.56 Å². The Morgan fingerprint density at radius 2 is 1.56 bits per heavy atom. The predicted molar refractivity (Wildman–Crippen MR) is 114 cm³/mol. The minimum absolute atomic E-state index is 0.999. The van der Waals surface area contributed by atoms with Gasteiger partial charge in [-0.3, -0.25) is 4.99 Å². The smallest absolute Gasteiger partial charge is 0.0884 e. The molecule has 0 unspecified atom stereocenters. The first kappa shape index (κ1) is 17.7. The third-order valence-corrected chi connectivity index (χ3v) is 5.39. The molecule has 4 rings (SSSR count). The second-order valence-electron chi connectivity index (χ2n) is 7.11. The number of rotatable bonds is 4. The molecule has 0 N–H and O–H groups in total. The minimum Gasteiger partial charge on any atom is -0.251 e. The van der Waals surface area contributed by atoms with Crippen LogP contribution in [-0.2, 0) is 19.3 Å². The van der Waals surface area contributed by atoms with Crippen molar-refractivity contribution in [3.8, 4) is 11.3 Å². The summed E-state index contributed by atoms with van der Waals surface area (Å²) < 4.78 is 0. The molecule has 0 saturated heterocycles. The number of aliphatic imine (C=N–C) groups is 1. The van der Waals surface area contributed by atoms with Crippen molar-refractivity contribution in [3.63, 3.8) is 0 Å². The molecule has 136 valence electrons. The maximum atomic E-state index is 5.19. The van der Waals surface area contributed by atoms with Crippen molar-refractivity contribution in [1.82, 2.24) is 4.98 Å². The molecule has 0 bridgehead atoms. The first-order valence-electron chi connectivity index (χ1n) is 10.0. The SMILES string of the molecule is CCc1cccc(CC)c1N=C1CCCc2ccc(-c3ccccc3)nc21. The highest BCUT2D eigenvalue weighted by molar-refractivity contribution is 6.03. The Hall–Kier alpha value is -2.74. The fourth-order valence-electron chi connectivity index (χ4n) is 3.88. The van der Waals surface area contributed by atoms with Crippen LogP contribution in [0.5, 0.6) is 0 Å². The van der Waals surface area contributed by atoms with Gasteiger partial charge in [-0.2, -0.15) is 0 Å². The molecule has 0 radical (unpaired) electrons. The van der Waals surface area contributed by atoms with Crippen LogP contribution < -0.4 is 0 Å². The summed E-state index contributed by atoms with van der Waals surface area (Å²) in [4.78, 5) is 10.2. The van der Waals surface area contributed by atoms with Crippen LogP contribution in [0.3, 0.4) is 0 Å². The Bertz CT molecular complexity index is 949. The third kappa shape index (κ3) is 3.57. The fourth-order valence-corrected chi connectivity index (χ4v) is 3.88. The standard InChI is InChI=1S/C25H26N2/c1-3-18-12-8-13-19(4-2)24(18)27-23-15-9-14-21-16-17-22(26-25(21)23)20-10-6-5-7-11-20/h5-8,10-13,16-17H,3-4,9,14-15H2,1-2H3. The number of aromatic nitrogens is 1. The molecule has 3 aromatic rings. The number of hydrogen-bond acceptors (Lipinski definition) is 2. The molecule has 2 nitrogen and oxygen atoms in total. The van der Waals surface area contributed by atoms with Crippen LogP contribution in [0.1, 0.15) is 49.1 Å². The largest absolute Gasteiger partial charge is 0.251 e. The summed E-state index contributed by atoms with van der Waals surface area (Å²) in [5.41, 5.74) is 9.57. The van der Waals surface area contributed by atoms with Gasteiger partial charge in [0.15, 0.2) is 0 Å². The van der Waals surface area contributed by atoms with Crippen LogP contribution in [0.2, 0.25) is 0 Å². The van der Waals surface area contributed by atoms with Gasteiger partial charge in [-0.25, -0.2) is 4.98 Å². The van der Waals surface area contributed by atoms with Crippen LogP contribution in [0.15, 0.2) is 65.7 Å². The van der Waals surface area contributed by atoms with Crippen molar-refractivity contribution < 1.29 is 0 Å². The fraction of sp³-hybridized carbons (Fsp3) is 0.280. The average molecular weight is 354 g/mol. The number of nitrogens with zero attached hydrogens (tertiary/aromatic N) is 2. The Balaban J connectivity index is 1.83. The van der Waals surface area contributed by atoms with Crippen LogP contribution in [0, 0.1) is 0 Å². The number of aryl methyl sites for hydroxylation is 3. The van der Waals surface area contributed by atoms with Gasteiger partial charge >= 0.3 is 0 Å². The van der Waals surface area contributed by atoms with Crippen LogP contribution >= 0.6 is 0 Å². The van der Waals surface area contributed by atoms with Gasteiger partial charge in [-0.15, -0.1) is 0 Å². The van der Waals surface area contributed by atoms with Gasteiger partial charge in [-0.05, 0) is 54.9 Å². The third-order valence-electron chi connectivity index (χ3n) is 5.39. The highest BCUT2D eigenvalue weighted by atomic mass is 14.8. The van der Waals surface area contributed by atoms with Crippen molar-refractivity contribution >= 4 is 11.4 Å². The molecule has 1 heterocycles. The molecule has 0 amide bonds. The van der Waals surface area contributed by atoms with E-state index >= 15 is 0 Å². The van der Waals surface area contributed by atoms with Crippen molar-refractivity contribution in [2.45, 2.75) is 46.0 Å². The molecule has 0 aliphatic heterocycles. The summed E-state index contributed by atoms with van der Waals surface area (Å²) in [5.74, 6) is 0. The molecule has 1 aromatic heterocycles. The average Bonchev–Trinajstić information content (AvgIpc) is 2.74. The molecule has 27 heavy (non-hydrogen) atoms. The molecule has 1 aliphatic carbocycles. The zero-order valence-corrected chi connectivity index (χ0v) is 16.2. The van der Waals surface area contributed by atoms with E-state index in [2.05, 4.69) is 68.4 Å². The van der Waals surface area contributed by atoms with Crippen LogP contribution in [0.4, 0.5) is 5.69 Å². The minimum atomic E-state index is 0.999. The second-order valence-corrected chi connectivity index (χ2v) is 7.11. The monoisotopic (exact) mass is 354 g/mol. The maximum Gasteiger partial charge on any atom is 0.0884 e. The second kappa shape index (κ2) is 7.87. The molecule has 0 saturated carbocycles. The lowest BCUT2D eigenvalue weighted by Gasteiger charge is -2.19. The lowest BCUT2D eigenvalue weighted by Crippen LogP contribution is -2.14. The number of hydrogen-bond donors (Lipinski definition) is 0. The lowest BCUT2D eigenvalue weighted by atomic mass is 9.93. The van der Waals surface area contributed by atoms with Crippen molar-refractivity contribution in [2.75, 3.05) is 0 Å². The number of fused-ring (bicyclic) bond motifs is 1. The van der Waals surface area contributed by atoms with Gasteiger partial charge in [0.2, 0.25) is 0 Å². The maximum absolute atomic E-state index is 5.19. The number of pyridine rings is 1. The molecule has 0 atom stereocenters. The molecule has 2 heteroatoms. The van der Waals surface area contributed by atoms with Crippen molar-refractivity contribution in [3.05, 3.63) is 83.0 Å². The predicted octanol–water partition coefficient (Wildman–Crippen LogP) is 6.33. The summed E-state index contributed by atoms with van der Waals surface area (Å²) in [6.07, 6.45) is 5.24. The molecule has 0 spiro atoms. The zero-order chi connectivity index (χ0) is 18.6. The van der Waals surface area contributed by atoms with Gasteiger partial charge in [0.25, 0.3) is 0 Å². The molecule has 2 aromatic carbocycles. The van der Waals surface area contributed by atoms with Crippen molar-refractivity contribution in [2.24, 2.45) is 4.99 Å². The normalized spacial score (nSPS) is 15.0. The Morgan fingerprint density at radius 1 is 0.815 bits per heavy atom. The van der Waals surface area contributed by atoms with Crippen LogP contribution in [-0.4, -0.2) is 10.7 Å². The zero-order valence-electron chi connectivity index (χ0n) is 16.2. The van der Waals surface area contributed by atoms with E-state index in [4.69, 9.17) is 9.98 Å². The van der Waals surface area contributed by atoms with E-state index in [1.807, 2.05) is 6.07 Å². The van der Waals surface area contributed by atoms with E-state index in [1.165, 1.54) is 16.7 Å². The van der Waals surface area contributed by atoms with Gasteiger partial charge in [-0.1, -0.05) is 68.4 Å². The summed E-state index contributed by atoms with van der Waals surface area (Å²) in [6.45, 7) is 4.41. The Labute approximate surface area is 162 Å². The molecule has 1 aliphatic rings.